The standard InChI is InChI=1S/C10H13N3OS/c1-2-3-13-8-11-6-9(13)7-12-4-5-15-10(12)14/h4-6,8H,2-3,7H2,1H3. The first-order valence-electron chi connectivity index (χ1n) is 4.94. The molecule has 80 valence electrons. The molecule has 2 aromatic heterocycles. The summed E-state index contributed by atoms with van der Waals surface area (Å²) in [6.45, 7) is 3.69. The third-order valence-electron chi connectivity index (χ3n) is 2.24. The van der Waals surface area contributed by atoms with Crippen LogP contribution in [-0.4, -0.2) is 14.1 Å². The maximum Gasteiger partial charge on any atom is 0.307 e. The number of hydrogen-bond acceptors (Lipinski definition) is 3. The number of aromatic nitrogens is 3. The van der Waals surface area contributed by atoms with Crippen LogP contribution in [0.4, 0.5) is 0 Å². The molecule has 2 aromatic rings. The Morgan fingerprint density at radius 1 is 1.47 bits per heavy atom. The van der Waals surface area contributed by atoms with Crippen LogP contribution < -0.4 is 4.87 Å². The second-order valence-electron chi connectivity index (χ2n) is 3.38. The number of hydrogen-bond donors (Lipinski definition) is 0. The molecule has 0 radical (unpaired) electrons. The van der Waals surface area contributed by atoms with Gasteiger partial charge in [-0.05, 0) is 6.42 Å². The average Bonchev–Trinajstić information content (AvgIpc) is 2.80. The van der Waals surface area contributed by atoms with Crippen molar-refractivity contribution in [1.29, 1.82) is 0 Å². The Morgan fingerprint density at radius 2 is 2.33 bits per heavy atom. The maximum absolute atomic E-state index is 11.4. The van der Waals surface area contributed by atoms with E-state index < -0.39 is 0 Å². The van der Waals surface area contributed by atoms with E-state index in [4.69, 9.17) is 0 Å². The fraction of sp³-hybridized carbons (Fsp3) is 0.400. The van der Waals surface area contributed by atoms with E-state index in [1.165, 1.54) is 11.3 Å². The van der Waals surface area contributed by atoms with Crippen molar-refractivity contribution in [2.75, 3.05) is 0 Å². The predicted octanol–water partition coefficient (Wildman–Crippen LogP) is 1.56. The van der Waals surface area contributed by atoms with E-state index in [0.29, 0.717) is 6.54 Å². The van der Waals surface area contributed by atoms with Crippen molar-refractivity contribution in [2.45, 2.75) is 26.4 Å². The number of imidazole rings is 1. The maximum atomic E-state index is 11.4. The van der Waals surface area contributed by atoms with Crippen molar-refractivity contribution in [3.63, 3.8) is 0 Å². The summed E-state index contributed by atoms with van der Waals surface area (Å²) in [6, 6.07) is 0. The molecule has 0 amide bonds. The van der Waals surface area contributed by atoms with E-state index in [1.807, 2.05) is 24.1 Å². The Hall–Kier alpha value is -1.36. The van der Waals surface area contributed by atoms with Crippen LogP contribution in [0.5, 0.6) is 0 Å². The first-order valence-corrected chi connectivity index (χ1v) is 5.82. The zero-order valence-electron chi connectivity index (χ0n) is 8.59. The second-order valence-corrected chi connectivity index (χ2v) is 4.23. The van der Waals surface area contributed by atoms with Crippen LogP contribution in [-0.2, 0) is 13.1 Å². The molecule has 0 aliphatic heterocycles. The molecular weight excluding hydrogens is 210 g/mol. The molecule has 0 spiro atoms. The summed E-state index contributed by atoms with van der Waals surface area (Å²) >= 11 is 1.22. The number of thiazole rings is 1. The van der Waals surface area contributed by atoms with Crippen LogP contribution in [0.3, 0.4) is 0 Å². The lowest BCUT2D eigenvalue weighted by atomic mass is 10.4. The van der Waals surface area contributed by atoms with Crippen molar-refractivity contribution in [3.8, 4) is 0 Å². The van der Waals surface area contributed by atoms with Gasteiger partial charge in [0.25, 0.3) is 0 Å². The Kier molecular flexibility index (Phi) is 3.01. The normalized spacial score (nSPS) is 10.7. The highest BCUT2D eigenvalue weighted by molar-refractivity contribution is 7.07. The Labute approximate surface area is 91.8 Å². The first-order chi connectivity index (χ1) is 7.31. The van der Waals surface area contributed by atoms with Gasteiger partial charge in [-0.15, -0.1) is 0 Å². The topological polar surface area (TPSA) is 39.8 Å². The molecule has 0 unspecified atom stereocenters. The smallest absolute Gasteiger partial charge is 0.307 e. The van der Waals surface area contributed by atoms with Crippen molar-refractivity contribution < 1.29 is 0 Å². The van der Waals surface area contributed by atoms with Gasteiger partial charge in [-0.3, -0.25) is 9.36 Å². The molecular formula is C10H13N3OS. The Bertz CT molecular complexity index is 483. The summed E-state index contributed by atoms with van der Waals surface area (Å²) in [4.78, 5) is 15.6. The van der Waals surface area contributed by atoms with Crippen LogP contribution in [0.25, 0.3) is 0 Å². The summed E-state index contributed by atoms with van der Waals surface area (Å²) in [5.74, 6) is 0. The third-order valence-corrected chi connectivity index (χ3v) is 2.93. The average molecular weight is 223 g/mol. The van der Waals surface area contributed by atoms with Crippen molar-refractivity contribution in [2.24, 2.45) is 0 Å². The minimum absolute atomic E-state index is 0.0826. The highest BCUT2D eigenvalue weighted by Gasteiger charge is 2.03. The molecule has 0 aliphatic rings. The van der Waals surface area contributed by atoms with Crippen molar-refractivity contribution in [3.05, 3.63) is 39.5 Å². The van der Waals surface area contributed by atoms with Crippen molar-refractivity contribution >= 4 is 11.3 Å². The van der Waals surface area contributed by atoms with Gasteiger partial charge in [0, 0.05) is 24.3 Å². The van der Waals surface area contributed by atoms with Gasteiger partial charge >= 0.3 is 4.87 Å². The monoisotopic (exact) mass is 223 g/mol. The van der Waals surface area contributed by atoms with Gasteiger partial charge in [0.1, 0.15) is 0 Å². The minimum atomic E-state index is 0.0826. The van der Waals surface area contributed by atoms with E-state index in [9.17, 15) is 4.79 Å². The van der Waals surface area contributed by atoms with Crippen molar-refractivity contribution in [1.82, 2.24) is 14.1 Å². The fourth-order valence-electron chi connectivity index (χ4n) is 1.50. The first kappa shape index (κ1) is 10.2. The van der Waals surface area contributed by atoms with Crippen LogP contribution >= 0.6 is 11.3 Å². The minimum Gasteiger partial charge on any atom is -0.333 e. The summed E-state index contributed by atoms with van der Waals surface area (Å²) in [5, 5.41) is 1.81. The highest BCUT2D eigenvalue weighted by Crippen LogP contribution is 2.03. The van der Waals surface area contributed by atoms with Crippen LogP contribution in [0.1, 0.15) is 19.0 Å². The van der Waals surface area contributed by atoms with Gasteiger partial charge < -0.3 is 4.57 Å². The molecule has 0 aromatic carbocycles. The van der Waals surface area contributed by atoms with E-state index in [0.717, 1.165) is 18.7 Å². The predicted molar refractivity (Wildman–Crippen MR) is 60.2 cm³/mol. The summed E-state index contributed by atoms with van der Waals surface area (Å²) in [6.07, 6.45) is 6.52. The lowest BCUT2D eigenvalue weighted by Gasteiger charge is -2.06. The second kappa shape index (κ2) is 4.44. The van der Waals surface area contributed by atoms with Gasteiger partial charge in [0.15, 0.2) is 0 Å². The Morgan fingerprint density at radius 3 is 3.00 bits per heavy atom. The zero-order chi connectivity index (χ0) is 10.7. The molecule has 15 heavy (non-hydrogen) atoms. The SMILES string of the molecule is CCCn1cncc1Cn1ccsc1=O. The zero-order valence-corrected chi connectivity index (χ0v) is 9.41. The highest BCUT2D eigenvalue weighted by atomic mass is 32.1. The van der Waals surface area contributed by atoms with Gasteiger partial charge in [0.05, 0.1) is 18.6 Å². The molecule has 0 aliphatic carbocycles. The molecule has 4 nitrogen and oxygen atoms in total. The van der Waals surface area contributed by atoms with Crippen LogP contribution in [0.2, 0.25) is 0 Å². The van der Waals surface area contributed by atoms with Gasteiger partial charge in [0.2, 0.25) is 0 Å². The van der Waals surface area contributed by atoms with E-state index in [-0.39, 0.29) is 4.87 Å². The quantitative estimate of drug-likeness (QED) is 0.789. The van der Waals surface area contributed by atoms with Crippen LogP contribution in [0, 0.1) is 0 Å². The largest absolute Gasteiger partial charge is 0.333 e. The third kappa shape index (κ3) is 2.18. The molecule has 2 heterocycles. The van der Waals surface area contributed by atoms with Crippen LogP contribution in [0.15, 0.2) is 28.9 Å². The van der Waals surface area contributed by atoms with E-state index >= 15 is 0 Å². The molecule has 0 atom stereocenters. The molecule has 5 heteroatoms. The van der Waals surface area contributed by atoms with E-state index in [2.05, 4.69) is 16.5 Å². The molecule has 0 saturated carbocycles. The Balaban J connectivity index is 2.21. The number of nitrogens with zero attached hydrogens (tertiary/aromatic N) is 3. The number of aryl methyl sites for hydroxylation is 1. The molecule has 0 bridgehead atoms. The van der Waals surface area contributed by atoms with Gasteiger partial charge in [-0.25, -0.2) is 4.98 Å². The van der Waals surface area contributed by atoms with E-state index in [1.54, 1.807) is 4.57 Å². The molecule has 2 rings (SSSR count). The molecule has 0 N–H and O–H groups in total. The molecule has 0 fully saturated rings. The van der Waals surface area contributed by atoms with Gasteiger partial charge in [-0.1, -0.05) is 18.3 Å². The summed E-state index contributed by atoms with van der Waals surface area (Å²) in [7, 11) is 0. The summed E-state index contributed by atoms with van der Waals surface area (Å²) in [5.41, 5.74) is 1.08. The molecule has 0 saturated heterocycles. The lowest BCUT2D eigenvalue weighted by molar-refractivity contribution is 0.621. The lowest BCUT2D eigenvalue weighted by Crippen LogP contribution is -2.15. The number of rotatable bonds is 4. The fourth-order valence-corrected chi connectivity index (χ4v) is 2.09. The van der Waals surface area contributed by atoms with Gasteiger partial charge in [-0.2, -0.15) is 0 Å². The summed E-state index contributed by atoms with van der Waals surface area (Å²) < 4.78 is 3.79.